The van der Waals surface area contributed by atoms with Crippen LogP contribution in [-0.4, -0.2) is 36.1 Å². The van der Waals surface area contributed by atoms with Crippen LogP contribution in [0.15, 0.2) is 0 Å². The molecule has 0 aliphatic heterocycles. The molecule has 5 nitrogen and oxygen atoms in total. The van der Waals surface area contributed by atoms with Crippen molar-refractivity contribution in [2.24, 2.45) is 0 Å². The van der Waals surface area contributed by atoms with E-state index in [1.165, 1.54) is 0 Å². The van der Waals surface area contributed by atoms with E-state index < -0.39 is 5.60 Å². The number of rotatable bonds is 6. The van der Waals surface area contributed by atoms with Crippen molar-refractivity contribution in [2.45, 2.75) is 65.6 Å². The van der Waals surface area contributed by atoms with Crippen LogP contribution in [0.2, 0.25) is 0 Å². The summed E-state index contributed by atoms with van der Waals surface area (Å²) >= 11 is 0. The lowest BCUT2D eigenvalue weighted by molar-refractivity contribution is -0.154. The second-order valence-corrected chi connectivity index (χ2v) is 5.68. The molecule has 0 aromatic rings. The summed E-state index contributed by atoms with van der Waals surface area (Å²) in [4.78, 5) is 23.0. The molecule has 1 amide bonds. The summed E-state index contributed by atoms with van der Waals surface area (Å²) in [6, 6.07) is -0.192. The summed E-state index contributed by atoms with van der Waals surface area (Å²) < 4.78 is 5.17. The second-order valence-electron chi connectivity index (χ2n) is 5.68. The lowest BCUT2D eigenvalue weighted by atomic mass is 10.2. The van der Waals surface area contributed by atoms with Crippen molar-refractivity contribution in [3.8, 4) is 0 Å². The molecule has 1 atom stereocenters. The van der Waals surface area contributed by atoms with Gasteiger partial charge in [0.1, 0.15) is 5.60 Å². The Morgan fingerprint density at radius 3 is 2.17 bits per heavy atom. The van der Waals surface area contributed by atoms with E-state index in [-0.39, 0.29) is 30.4 Å². The maximum atomic E-state index is 11.6. The van der Waals surface area contributed by atoms with Crippen molar-refractivity contribution in [1.29, 1.82) is 0 Å². The molecule has 0 fully saturated rings. The van der Waals surface area contributed by atoms with Crippen molar-refractivity contribution in [3.63, 3.8) is 0 Å². The van der Waals surface area contributed by atoms with Crippen molar-refractivity contribution >= 4 is 11.9 Å². The molecule has 106 valence electrons. The van der Waals surface area contributed by atoms with Crippen LogP contribution in [0.4, 0.5) is 0 Å². The molecule has 1 unspecified atom stereocenters. The monoisotopic (exact) mass is 258 g/mol. The van der Waals surface area contributed by atoms with Gasteiger partial charge in [-0.25, -0.2) is 0 Å². The van der Waals surface area contributed by atoms with Gasteiger partial charge in [0.15, 0.2) is 0 Å². The third kappa shape index (κ3) is 8.98. The highest BCUT2D eigenvalue weighted by Crippen LogP contribution is 2.07. The van der Waals surface area contributed by atoms with E-state index in [4.69, 9.17) is 4.74 Å². The highest BCUT2D eigenvalue weighted by atomic mass is 16.6. The third-order valence-corrected chi connectivity index (χ3v) is 2.02. The Hall–Kier alpha value is -1.10. The molecule has 0 aromatic heterocycles. The van der Waals surface area contributed by atoms with Crippen LogP contribution in [0, 0.1) is 0 Å². The summed E-state index contributed by atoms with van der Waals surface area (Å²) in [5.41, 5.74) is -0.461. The molecule has 0 bridgehead atoms. The smallest absolute Gasteiger partial charge is 0.307 e. The van der Waals surface area contributed by atoms with Crippen LogP contribution in [0.25, 0.3) is 0 Å². The van der Waals surface area contributed by atoms with Gasteiger partial charge in [-0.05, 0) is 41.5 Å². The maximum Gasteiger partial charge on any atom is 0.307 e. The average molecular weight is 258 g/mol. The Kier molecular flexibility index (Phi) is 6.91. The minimum Gasteiger partial charge on any atom is -0.460 e. The van der Waals surface area contributed by atoms with Gasteiger partial charge in [0.05, 0.1) is 12.5 Å². The number of esters is 1. The molecule has 18 heavy (non-hydrogen) atoms. The number of ether oxygens (including phenoxy) is 1. The van der Waals surface area contributed by atoms with E-state index in [1.807, 2.05) is 34.6 Å². The van der Waals surface area contributed by atoms with E-state index in [2.05, 4.69) is 10.6 Å². The summed E-state index contributed by atoms with van der Waals surface area (Å²) in [7, 11) is 0. The van der Waals surface area contributed by atoms with Gasteiger partial charge in [-0.15, -0.1) is 0 Å². The fraction of sp³-hybridized carbons (Fsp3) is 0.846. The first-order chi connectivity index (χ1) is 8.11. The zero-order valence-electron chi connectivity index (χ0n) is 12.3. The third-order valence-electron chi connectivity index (χ3n) is 2.02. The van der Waals surface area contributed by atoms with E-state index >= 15 is 0 Å². The minimum absolute atomic E-state index is 0.0609. The maximum absolute atomic E-state index is 11.6. The first-order valence-corrected chi connectivity index (χ1v) is 6.37. The predicted octanol–water partition coefficient (Wildman–Crippen LogP) is 1.22. The van der Waals surface area contributed by atoms with Gasteiger partial charge in [-0.1, -0.05) is 0 Å². The molecule has 0 spiro atoms. The zero-order valence-corrected chi connectivity index (χ0v) is 12.3. The van der Waals surface area contributed by atoms with Crippen LogP contribution in [0.5, 0.6) is 0 Å². The van der Waals surface area contributed by atoms with Gasteiger partial charge in [0.2, 0.25) is 5.91 Å². The number of hydrogen-bond acceptors (Lipinski definition) is 4. The zero-order chi connectivity index (χ0) is 14.3. The van der Waals surface area contributed by atoms with Crippen LogP contribution >= 0.6 is 0 Å². The van der Waals surface area contributed by atoms with Crippen molar-refractivity contribution in [2.75, 3.05) is 6.54 Å². The molecule has 0 aliphatic carbocycles. The molecule has 0 heterocycles. The molecule has 0 aromatic carbocycles. The lowest BCUT2D eigenvalue weighted by Crippen LogP contribution is -2.45. The van der Waals surface area contributed by atoms with Crippen LogP contribution in [-0.2, 0) is 14.3 Å². The van der Waals surface area contributed by atoms with Gasteiger partial charge >= 0.3 is 5.97 Å². The van der Waals surface area contributed by atoms with E-state index in [0.29, 0.717) is 6.54 Å². The van der Waals surface area contributed by atoms with E-state index in [1.54, 1.807) is 6.92 Å². The van der Waals surface area contributed by atoms with Crippen LogP contribution in [0.1, 0.15) is 48.0 Å². The summed E-state index contributed by atoms with van der Waals surface area (Å²) in [6.45, 7) is 11.5. The lowest BCUT2D eigenvalue weighted by Gasteiger charge is -2.20. The molecule has 0 aliphatic rings. The molecule has 0 saturated carbocycles. The van der Waals surface area contributed by atoms with Gasteiger partial charge in [0.25, 0.3) is 0 Å². The summed E-state index contributed by atoms with van der Waals surface area (Å²) in [5, 5.41) is 5.79. The van der Waals surface area contributed by atoms with Gasteiger partial charge in [0, 0.05) is 12.6 Å². The van der Waals surface area contributed by atoms with Crippen molar-refractivity contribution in [1.82, 2.24) is 10.6 Å². The number of carbonyl (C=O) groups is 2. The molecule has 5 heteroatoms. The second kappa shape index (κ2) is 7.36. The summed E-state index contributed by atoms with van der Waals surface area (Å²) in [5.74, 6) is -0.319. The predicted molar refractivity (Wildman–Crippen MR) is 71.2 cm³/mol. The van der Waals surface area contributed by atoms with Gasteiger partial charge in [-0.2, -0.15) is 0 Å². The SMILES string of the molecule is CC(C)NC(=O)C(C)NCCC(=O)OC(C)(C)C. The van der Waals surface area contributed by atoms with E-state index in [0.717, 1.165) is 0 Å². The molecular formula is C13H26N2O3. The Morgan fingerprint density at radius 1 is 1.17 bits per heavy atom. The van der Waals surface area contributed by atoms with Crippen molar-refractivity contribution < 1.29 is 14.3 Å². The first-order valence-electron chi connectivity index (χ1n) is 6.37. The largest absolute Gasteiger partial charge is 0.460 e. The molecule has 0 radical (unpaired) electrons. The van der Waals surface area contributed by atoms with Gasteiger partial charge in [-0.3, -0.25) is 9.59 Å². The fourth-order valence-corrected chi connectivity index (χ4v) is 1.29. The first kappa shape index (κ1) is 16.9. The van der Waals surface area contributed by atoms with Crippen LogP contribution in [0.3, 0.4) is 0 Å². The standard InChI is InChI=1S/C13H26N2O3/c1-9(2)15-12(17)10(3)14-8-7-11(16)18-13(4,5)6/h9-10,14H,7-8H2,1-6H3,(H,15,17). The Balaban J connectivity index is 3.84. The Morgan fingerprint density at radius 2 is 1.72 bits per heavy atom. The highest BCUT2D eigenvalue weighted by Gasteiger charge is 2.17. The number of nitrogens with one attached hydrogen (secondary N) is 2. The topological polar surface area (TPSA) is 67.4 Å². The molecular weight excluding hydrogens is 232 g/mol. The quantitative estimate of drug-likeness (QED) is 0.703. The van der Waals surface area contributed by atoms with Crippen LogP contribution < -0.4 is 10.6 Å². The number of hydrogen-bond donors (Lipinski definition) is 2. The molecule has 0 rings (SSSR count). The van der Waals surface area contributed by atoms with E-state index in [9.17, 15) is 9.59 Å². The average Bonchev–Trinajstić information content (AvgIpc) is 2.13. The minimum atomic E-state index is -0.461. The molecule has 0 saturated heterocycles. The normalized spacial score (nSPS) is 13.3. The number of carbonyl (C=O) groups excluding carboxylic acids is 2. The Bertz CT molecular complexity index is 282. The Labute approximate surface area is 110 Å². The summed E-state index contributed by atoms with van der Waals surface area (Å²) in [6.07, 6.45) is 0.260. The highest BCUT2D eigenvalue weighted by molar-refractivity contribution is 5.81. The van der Waals surface area contributed by atoms with Gasteiger partial charge < -0.3 is 15.4 Å². The molecule has 2 N–H and O–H groups in total. The fourth-order valence-electron chi connectivity index (χ4n) is 1.29. The van der Waals surface area contributed by atoms with Crippen molar-refractivity contribution in [3.05, 3.63) is 0 Å². The number of amides is 1.